The Balaban J connectivity index is 1.03. The van der Waals surface area contributed by atoms with Gasteiger partial charge in [-0.05, 0) is 138 Å². The molecule has 4 bridgehead atoms. The minimum absolute atomic E-state index is 0.211. The van der Waals surface area contributed by atoms with Crippen LogP contribution in [0.1, 0.15) is 101 Å². The molecular formula is C60H38. The van der Waals surface area contributed by atoms with Crippen molar-refractivity contribution >= 4 is 21.5 Å². The number of hydrogen-bond acceptors (Lipinski definition) is 0. The Hall–Kier alpha value is -7.38. The number of hydrogen-bond donors (Lipinski definition) is 0. The maximum Gasteiger partial charge on any atom is 0.107 e. The molecule has 9 aromatic carbocycles. The van der Waals surface area contributed by atoms with Crippen LogP contribution in [0, 0.1) is 37.5 Å². The highest BCUT2D eigenvalue weighted by Crippen LogP contribution is 2.61. The molecule has 0 amide bonds. The molecule has 0 aliphatic heterocycles. The minimum atomic E-state index is -0.585. The van der Waals surface area contributed by atoms with Crippen LogP contribution in [0.25, 0.3) is 21.5 Å². The SMILES string of the molecule is Cc1cccc2c1C1c3ccccc3C2(C#Cc2cccc3cc4cccc(C#CC56c7ccccc7C(c7ccccc75)c5c(C)cccc56)c4cc23)c2ccccc21. The highest BCUT2D eigenvalue weighted by molar-refractivity contribution is 6.03. The predicted molar refractivity (Wildman–Crippen MR) is 245 cm³/mol. The van der Waals surface area contributed by atoms with E-state index in [9.17, 15) is 0 Å². The second-order valence-corrected chi connectivity index (χ2v) is 17.2. The molecule has 60 heavy (non-hydrogen) atoms. The summed E-state index contributed by atoms with van der Waals surface area (Å²) in [6.07, 6.45) is 0. The number of fused-ring (bicyclic) bond motifs is 2. The fourth-order valence-corrected chi connectivity index (χ4v) is 12.0. The first-order valence-corrected chi connectivity index (χ1v) is 21.2. The molecule has 6 aliphatic carbocycles. The molecule has 0 saturated carbocycles. The average molecular weight is 759 g/mol. The zero-order chi connectivity index (χ0) is 39.7. The van der Waals surface area contributed by atoms with Crippen LogP contribution < -0.4 is 0 Å². The summed E-state index contributed by atoms with van der Waals surface area (Å²) in [7, 11) is 0. The molecule has 0 aromatic heterocycles. The monoisotopic (exact) mass is 758 g/mol. The first-order valence-electron chi connectivity index (χ1n) is 21.2. The molecule has 15 rings (SSSR count). The van der Waals surface area contributed by atoms with Crippen molar-refractivity contribution in [3.8, 4) is 23.7 Å². The summed E-state index contributed by atoms with van der Waals surface area (Å²) in [6.45, 7) is 4.52. The zero-order valence-electron chi connectivity index (χ0n) is 33.5. The van der Waals surface area contributed by atoms with Crippen molar-refractivity contribution < 1.29 is 0 Å². The molecule has 0 radical (unpaired) electrons. The number of benzene rings is 9. The van der Waals surface area contributed by atoms with E-state index in [4.69, 9.17) is 0 Å². The first-order chi connectivity index (χ1) is 29.6. The Bertz CT molecular complexity index is 3170. The Labute approximate surface area is 351 Å². The predicted octanol–water partition coefficient (Wildman–Crippen LogP) is 13.0. The van der Waals surface area contributed by atoms with Crippen LogP contribution in [-0.4, -0.2) is 0 Å². The molecule has 9 aromatic rings. The fourth-order valence-electron chi connectivity index (χ4n) is 12.0. The molecular weight excluding hydrogens is 721 g/mol. The highest BCUT2D eigenvalue weighted by Gasteiger charge is 2.52. The lowest BCUT2D eigenvalue weighted by Gasteiger charge is -2.48. The Morgan fingerprint density at radius 3 is 1.10 bits per heavy atom. The normalized spacial score (nSPS) is 20.4. The summed E-state index contributed by atoms with van der Waals surface area (Å²) in [4.78, 5) is 0. The van der Waals surface area contributed by atoms with Gasteiger partial charge in [0.2, 0.25) is 0 Å². The third-order valence-electron chi connectivity index (χ3n) is 14.4. The van der Waals surface area contributed by atoms with E-state index in [1.54, 1.807) is 0 Å². The molecule has 0 nitrogen and oxygen atoms in total. The van der Waals surface area contributed by atoms with Crippen molar-refractivity contribution in [1.82, 2.24) is 0 Å². The van der Waals surface area contributed by atoms with Crippen molar-refractivity contribution in [2.45, 2.75) is 36.5 Å². The fraction of sp³-hybridized carbons (Fsp3) is 0.100. The first kappa shape index (κ1) is 33.6. The molecule has 0 unspecified atom stereocenters. The molecule has 0 saturated heterocycles. The van der Waals surface area contributed by atoms with Crippen LogP contribution in [0.2, 0.25) is 0 Å². The van der Waals surface area contributed by atoms with Gasteiger partial charge in [-0.15, -0.1) is 0 Å². The Morgan fingerprint density at radius 2 is 0.700 bits per heavy atom. The van der Waals surface area contributed by atoms with Gasteiger partial charge in [0.15, 0.2) is 0 Å². The van der Waals surface area contributed by atoms with Gasteiger partial charge in [-0.2, -0.15) is 0 Å². The molecule has 0 heteroatoms. The lowest BCUT2D eigenvalue weighted by Crippen LogP contribution is -2.41. The minimum Gasteiger partial charge on any atom is -0.0764 e. The van der Waals surface area contributed by atoms with Gasteiger partial charge in [0.05, 0.1) is 0 Å². The van der Waals surface area contributed by atoms with Crippen molar-refractivity contribution in [2.24, 2.45) is 0 Å². The van der Waals surface area contributed by atoms with E-state index in [-0.39, 0.29) is 11.8 Å². The van der Waals surface area contributed by atoms with Crippen LogP contribution in [0.4, 0.5) is 0 Å². The lowest BCUT2D eigenvalue weighted by atomic mass is 9.52. The average Bonchev–Trinajstić information content (AvgIpc) is 3.30. The molecule has 6 aliphatic rings. The van der Waals surface area contributed by atoms with Gasteiger partial charge in [0.25, 0.3) is 0 Å². The smallest absolute Gasteiger partial charge is 0.0764 e. The standard InChI is InChI=1S/C60H38/c1-37-15-11-29-53-55(37)57-43-21-3-7-25-49(43)59(53,50-26-8-4-22-44(50)57)33-31-39-17-13-19-41-35-42-20-14-18-40(48(42)36-47(39)41)32-34-60-51-27-9-5-23-45(51)58(46-24-6-10-28-52(46)60)56-38(2)16-12-30-54(56)60/h3-30,35-36,57-58H,1-2H3. The molecule has 0 atom stereocenters. The van der Waals surface area contributed by atoms with E-state index in [0.29, 0.717) is 0 Å². The molecule has 0 heterocycles. The van der Waals surface area contributed by atoms with Crippen molar-refractivity contribution in [3.63, 3.8) is 0 Å². The van der Waals surface area contributed by atoms with E-state index in [0.717, 1.165) is 21.9 Å². The topological polar surface area (TPSA) is 0 Å². The third kappa shape index (κ3) is 4.18. The second-order valence-electron chi connectivity index (χ2n) is 17.2. The van der Waals surface area contributed by atoms with Crippen LogP contribution in [0.5, 0.6) is 0 Å². The van der Waals surface area contributed by atoms with Gasteiger partial charge in [-0.3, -0.25) is 0 Å². The van der Waals surface area contributed by atoms with Crippen molar-refractivity contribution in [3.05, 3.63) is 271 Å². The molecule has 0 N–H and O–H groups in total. The zero-order valence-corrected chi connectivity index (χ0v) is 33.5. The van der Waals surface area contributed by atoms with Gasteiger partial charge in [-0.1, -0.05) is 181 Å². The lowest BCUT2D eigenvalue weighted by molar-refractivity contribution is 0.663. The second kappa shape index (κ2) is 12.1. The van der Waals surface area contributed by atoms with E-state index >= 15 is 0 Å². The van der Waals surface area contributed by atoms with E-state index in [2.05, 4.69) is 220 Å². The number of rotatable bonds is 0. The quantitative estimate of drug-likeness (QED) is 0.107. The van der Waals surface area contributed by atoms with Crippen LogP contribution in [0.15, 0.2) is 182 Å². The Kier molecular flexibility index (Phi) is 6.76. The van der Waals surface area contributed by atoms with Crippen molar-refractivity contribution in [1.29, 1.82) is 0 Å². The molecule has 0 spiro atoms. The van der Waals surface area contributed by atoms with Crippen molar-refractivity contribution in [2.75, 3.05) is 0 Å². The van der Waals surface area contributed by atoms with Gasteiger partial charge in [-0.25, -0.2) is 0 Å². The van der Waals surface area contributed by atoms with Crippen LogP contribution in [-0.2, 0) is 10.8 Å². The van der Waals surface area contributed by atoms with Gasteiger partial charge < -0.3 is 0 Å². The van der Waals surface area contributed by atoms with Crippen LogP contribution >= 0.6 is 0 Å². The maximum absolute atomic E-state index is 4.03. The summed E-state index contributed by atoms with van der Waals surface area (Å²) in [5, 5.41) is 4.65. The third-order valence-corrected chi connectivity index (χ3v) is 14.4. The molecule has 0 fully saturated rings. The van der Waals surface area contributed by atoms with Crippen LogP contribution in [0.3, 0.4) is 0 Å². The Morgan fingerprint density at radius 1 is 0.350 bits per heavy atom. The summed E-state index contributed by atoms with van der Waals surface area (Å²) in [5.74, 6) is 16.2. The number of aryl methyl sites for hydroxylation is 2. The summed E-state index contributed by atoms with van der Waals surface area (Å²) < 4.78 is 0. The van der Waals surface area contributed by atoms with E-state index in [1.165, 1.54) is 88.7 Å². The van der Waals surface area contributed by atoms with E-state index < -0.39 is 10.8 Å². The summed E-state index contributed by atoms with van der Waals surface area (Å²) in [6, 6.07) is 67.5. The maximum atomic E-state index is 4.03. The van der Waals surface area contributed by atoms with Gasteiger partial charge in [0, 0.05) is 23.0 Å². The van der Waals surface area contributed by atoms with Gasteiger partial charge >= 0.3 is 0 Å². The molecule has 278 valence electrons. The largest absolute Gasteiger partial charge is 0.107 e. The summed E-state index contributed by atoms with van der Waals surface area (Å²) >= 11 is 0. The van der Waals surface area contributed by atoms with Gasteiger partial charge in [0.1, 0.15) is 10.8 Å². The van der Waals surface area contributed by atoms with E-state index in [1.807, 2.05) is 0 Å². The summed E-state index contributed by atoms with van der Waals surface area (Å²) in [5.41, 5.74) is 19.7. The highest BCUT2D eigenvalue weighted by atomic mass is 14.5.